The highest BCUT2D eigenvalue weighted by Crippen LogP contribution is 2.33. The number of rotatable bonds is 9. The fraction of sp³-hybridized carbons (Fsp3) is 0.440. The van der Waals surface area contributed by atoms with Crippen LogP contribution in [0.15, 0.2) is 34.4 Å². The van der Waals surface area contributed by atoms with E-state index >= 15 is 0 Å². The van der Waals surface area contributed by atoms with Crippen LogP contribution in [0.4, 0.5) is 0 Å². The molecule has 0 aliphatic heterocycles. The highest BCUT2D eigenvalue weighted by molar-refractivity contribution is 7.18. The molecule has 8 nitrogen and oxygen atoms in total. The summed E-state index contributed by atoms with van der Waals surface area (Å²) in [5.74, 6) is 0.878. The molecule has 1 aromatic carbocycles. The quantitative estimate of drug-likeness (QED) is 0.280. The Morgan fingerprint density at radius 1 is 1.32 bits per heavy atom. The third kappa shape index (κ3) is 4.99. The van der Waals surface area contributed by atoms with Gasteiger partial charge in [0.15, 0.2) is 11.5 Å². The van der Waals surface area contributed by atoms with Gasteiger partial charge in [-0.05, 0) is 68.4 Å². The van der Waals surface area contributed by atoms with Crippen molar-refractivity contribution in [3.05, 3.63) is 50.9 Å². The van der Waals surface area contributed by atoms with Crippen LogP contribution >= 0.6 is 11.3 Å². The number of hydrogen-bond acceptors (Lipinski definition) is 7. The molecule has 1 atom stereocenters. The minimum atomic E-state index is -0.746. The van der Waals surface area contributed by atoms with Crippen molar-refractivity contribution in [3.63, 3.8) is 0 Å². The summed E-state index contributed by atoms with van der Waals surface area (Å²) in [5.41, 5.74) is 4.22. The number of aromatic nitrogens is 2. The van der Waals surface area contributed by atoms with Gasteiger partial charge in [0.1, 0.15) is 10.9 Å². The molecule has 2 heterocycles. The average molecular weight is 483 g/mol. The van der Waals surface area contributed by atoms with E-state index in [0.717, 1.165) is 54.5 Å². The van der Waals surface area contributed by atoms with Crippen molar-refractivity contribution in [2.45, 2.75) is 58.4 Å². The number of methoxy groups -OCH3 is 1. The first-order valence-corrected chi connectivity index (χ1v) is 12.5. The van der Waals surface area contributed by atoms with Gasteiger partial charge in [-0.15, -0.1) is 11.3 Å². The van der Waals surface area contributed by atoms with Gasteiger partial charge in [-0.25, -0.2) is 10.4 Å². The summed E-state index contributed by atoms with van der Waals surface area (Å²) in [7, 11) is 1.58. The van der Waals surface area contributed by atoms with Gasteiger partial charge in [0.25, 0.3) is 11.5 Å². The highest BCUT2D eigenvalue weighted by atomic mass is 32.1. The molecule has 0 bridgehead atoms. The molecular weight excluding hydrogens is 452 g/mol. The molecule has 4 rings (SSSR count). The molecule has 0 spiro atoms. The summed E-state index contributed by atoms with van der Waals surface area (Å²) in [6.45, 7) is 4.40. The highest BCUT2D eigenvalue weighted by Gasteiger charge is 2.23. The van der Waals surface area contributed by atoms with Crippen molar-refractivity contribution in [1.29, 1.82) is 0 Å². The summed E-state index contributed by atoms with van der Waals surface area (Å²) in [6.07, 6.45) is 9.13. The normalized spacial score (nSPS) is 14.2. The van der Waals surface area contributed by atoms with E-state index in [2.05, 4.69) is 22.4 Å². The molecule has 1 aliphatic rings. The second kappa shape index (κ2) is 10.8. The summed E-state index contributed by atoms with van der Waals surface area (Å²) in [4.78, 5) is 32.4. The predicted molar refractivity (Wildman–Crippen MR) is 134 cm³/mol. The Balaban J connectivity index is 1.45. The van der Waals surface area contributed by atoms with E-state index in [9.17, 15) is 9.59 Å². The smallest absolute Gasteiger partial charge is 0.263 e. The Kier molecular flexibility index (Phi) is 7.62. The molecule has 2 aromatic heterocycles. The minimum Gasteiger partial charge on any atom is -0.493 e. The van der Waals surface area contributed by atoms with E-state index in [1.54, 1.807) is 31.4 Å². The minimum absolute atomic E-state index is 0.167. The van der Waals surface area contributed by atoms with Gasteiger partial charge in [-0.3, -0.25) is 14.2 Å². The molecule has 9 heteroatoms. The zero-order valence-electron chi connectivity index (χ0n) is 19.8. The second-order valence-corrected chi connectivity index (χ2v) is 9.45. The van der Waals surface area contributed by atoms with Gasteiger partial charge in [0, 0.05) is 4.88 Å². The molecule has 0 saturated carbocycles. The topological polar surface area (TPSA) is 94.8 Å². The third-order valence-electron chi connectivity index (χ3n) is 6.03. The first kappa shape index (κ1) is 23.9. The van der Waals surface area contributed by atoms with Gasteiger partial charge in [0.2, 0.25) is 0 Å². The lowest BCUT2D eigenvalue weighted by atomic mass is 9.97. The number of carbonyl (C=O) groups is 1. The number of thiophene rings is 1. The molecule has 34 heavy (non-hydrogen) atoms. The Morgan fingerprint density at radius 3 is 2.94 bits per heavy atom. The standard InChI is InChI=1S/C25H30N4O4S/c1-4-5-12-33-19-11-10-17(13-20(19)32-3)14-27-28-23(30)16(2)29-15-26-24-22(25(29)31)18-8-6-7-9-21(18)34-24/h10-11,13-16H,4-9,12H2,1-3H3,(H,28,30). The summed E-state index contributed by atoms with van der Waals surface area (Å²) in [5, 5.41) is 4.73. The summed E-state index contributed by atoms with van der Waals surface area (Å²) in [6, 6.07) is 4.71. The zero-order chi connectivity index (χ0) is 24.1. The van der Waals surface area contributed by atoms with Crippen molar-refractivity contribution in [3.8, 4) is 11.5 Å². The molecule has 180 valence electrons. The van der Waals surface area contributed by atoms with Crippen LogP contribution in [0.3, 0.4) is 0 Å². The lowest BCUT2D eigenvalue weighted by molar-refractivity contribution is -0.123. The predicted octanol–water partition coefficient (Wildman–Crippen LogP) is 4.24. The van der Waals surface area contributed by atoms with Crippen LogP contribution in [0, 0.1) is 0 Å². The van der Waals surface area contributed by atoms with Crippen molar-refractivity contribution < 1.29 is 14.3 Å². The van der Waals surface area contributed by atoms with Crippen LogP contribution in [0.2, 0.25) is 0 Å². The van der Waals surface area contributed by atoms with Gasteiger partial charge in [-0.1, -0.05) is 13.3 Å². The molecule has 0 saturated heterocycles. The van der Waals surface area contributed by atoms with Crippen LogP contribution in [0.25, 0.3) is 10.2 Å². The SMILES string of the molecule is CCCCOc1ccc(C=NNC(=O)C(C)n2cnc3sc4c(c3c2=O)CCCC4)cc1OC. The molecule has 1 aliphatic carbocycles. The lowest BCUT2D eigenvalue weighted by Crippen LogP contribution is -2.34. The molecule has 0 fully saturated rings. The van der Waals surface area contributed by atoms with E-state index < -0.39 is 11.9 Å². The zero-order valence-corrected chi connectivity index (χ0v) is 20.6. The summed E-state index contributed by atoms with van der Waals surface area (Å²) < 4.78 is 12.5. The number of nitrogens with zero attached hydrogens (tertiary/aromatic N) is 3. The average Bonchev–Trinajstić information content (AvgIpc) is 3.24. The molecule has 3 aromatic rings. The third-order valence-corrected chi connectivity index (χ3v) is 7.23. The molecule has 1 amide bonds. The van der Waals surface area contributed by atoms with Gasteiger partial charge in [0.05, 0.1) is 31.6 Å². The van der Waals surface area contributed by atoms with Crippen molar-refractivity contribution in [2.24, 2.45) is 5.10 Å². The maximum Gasteiger partial charge on any atom is 0.263 e. The number of aryl methyl sites for hydroxylation is 2. The number of benzene rings is 1. The van der Waals surface area contributed by atoms with E-state index in [-0.39, 0.29) is 5.56 Å². The Morgan fingerprint density at radius 2 is 2.15 bits per heavy atom. The van der Waals surface area contributed by atoms with E-state index in [1.165, 1.54) is 22.0 Å². The molecule has 1 unspecified atom stereocenters. The maximum absolute atomic E-state index is 13.2. The number of ether oxygens (including phenoxy) is 2. The van der Waals surface area contributed by atoms with Gasteiger partial charge in [-0.2, -0.15) is 5.10 Å². The number of fused-ring (bicyclic) bond motifs is 3. The Bertz CT molecular complexity index is 1260. The number of amides is 1. The lowest BCUT2D eigenvalue weighted by Gasteiger charge is -2.14. The molecule has 0 radical (unpaired) electrons. The second-order valence-electron chi connectivity index (χ2n) is 8.37. The Hall–Kier alpha value is -3.20. The van der Waals surface area contributed by atoms with E-state index in [4.69, 9.17) is 9.47 Å². The molecular formula is C25H30N4O4S. The monoisotopic (exact) mass is 482 g/mol. The number of unbranched alkanes of at least 4 members (excludes halogenated alkanes) is 1. The fourth-order valence-electron chi connectivity index (χ4n) is 4.04. The van der Waals surface area contributed by atoms with Crippen LogP contribution in [0.1, 0.15) is 61.6 Å². The van der Waals surface area contributed by atoms with Crippen molar-refractivity contribution in [2.75, 3.05) is 13.7 Å². The van der Waals surface area contributed by atoms with E-state index in [1.807, 2.05) is 12.1 Å². The van der Waals surface area contributed by atoms with Gasteiger partial charge < -0.3 is 9.47 Å². The number of nitrogens with one attached hydrogen (secondary N) is 1. The van der Waals surface area contributed by atoms with E-state index in [0.29, 0.717) is 23.5 Å². The first-order valence-electron chi connectivity index (χ1n) is 11.7. The van der Waals surface area contributed by atoms with Crippen LogP contribution < -0.4 is 20.5 Å². The first-order chi connectivity index (χ1) is 16.5. The largest absolute Gasteiger partial charge is 0.493 e. The van der Waals surface area contributed by atoms with Crippen molar-refractivity contribution in [1.82, 2.24) is 15.0 Å². The van der Waals surface area contributed by atoms with Gasteiger partial charge >= 0.3 is 0 Å². The maximum atomic E-state index is 13.2. The van der Waals surface area contributed by atoms with Crippen LogP contribution in [-0.2, 0) is 17.6 Å². The van der Waals surface area contributed by atoms with Crippen LogP contribution in [0.5, 0.6) is 11.5 Å². The van der Waals surface area contributed by atoms with Crippen molar-refractivity contribution >= 4 is 33.7 Å². The summed E-state index contributed by atoms with van der Waals surface area (Å²) >= 11 is 1.60. The number of hydrazone groups is 1. The Labute approximate surface area is 202 Å². The molecule has 1 N–H and O–H groups in total. The number of hydrogen-bond donors (Lipinski definition) is 1. The number of carbonyl (C=O) groups excluding carboxylic acids is 1. The fourth-order valence-corrected chi connectivity index (χ4v) is 5.25. The van der Waals surface area contributed by atoms with Crippen LogP contribution in [-0.4, -0.2) is 35.4 Å².